The molecule has 0 radical (unpaired) electrons. The second-order valence-corrected chi connectivity index (χ2v) is 10.3. The second-order valence-electron chi connectivity index (χ2n) is 10.3. The van der Waals surface area contributed by atoms with Crippen molar-refractivity contribution in [3.05, 3.63) is 72.3 Å². The number of carbonyl (C=O) groups is 1. The number of amides is 1. The molecule has 11 heteroatoms. The highest BCUT2D eigenvalue weighted by Gasteiger charge is 2.32. The van der Waals surface area contributed by atoms with Crippen molar-refractivity contribution in [1.29, 1.82) is 0 Å². The fourth-order valence-electron chi connectivity index (χ4n) is 5.15. The number of pyridine rings is 1. The van der Waals surface area contributed by atoms with Gasteiger partial charge in [0, 0.05) is 41.4 Å². The quantitative estimate of drug-likeness (QED) is 0.260. The van der Waals surface area contributed by atoms with Crippen LogP contribution in [0, 0.1) is 5.92 Å². The molecule has 2 aromatic heterocycles. The number of methoxy groups -OCH3 is 1. The van der Waals surface area contributed by atoms with Crippen LogP contribution >= 0.6 is 0 Å². The predicted molar refractivity (Wildman–Crippen MR) is 153 cm³/mol. The van der Waals surface area contributed by atoms with Gasteiger partial charge in [-0.15, -0.1) is 0 Å². The maximum atomic E-state index is 12.7. The first-order valence-electron chi connectivity index (χ1n) is 13.8. The molecule has 0 saturated carbocycles. The maximum absolute atomic E-state index is 12.7. The largest absolute Gasteiger partial charge is 0.493 e. The van der Waals surface area contributed by atoms with E-state index in [9.17, 15) is 18.0 Å². The summed E-state index contributed by atoms with van der Waals surface area (Å²) >= 11 is 0. The molecule has 5 rings (SSSR count). The highest BCUT2D eigenvalue weighted by atomic mass is 19.4. The highest BCUT2D eigenvalue weighted by Crippen LogP contribution is 2.36. The SMILES string of the molecule is CCN1CCCC(COc2cc3ncnc(-c4ccc(NC(=O)Cc5ccc(C(F)(F)F)nc5)cc4)c3cc2OC)C1. The molecule has 0 bridgehead atoms. The second kappa shape index (κ2) is 12.7. The van der Waals surface area contributed by atoms with E-state index in [2.05, 4.69) is 32.1 Å². The Hall–Kier alpha value is -4.25. The van der Waals surface area contributed by atoms with Gasteiger partial charge in [0.2, 0.25) is 5.91 Å². The summed E-state index contributed by atoms with van der Waals surface area (Å²) in [5.41, 5.74) is 2.15. The fraction of sp³-hybridized carbons (Fsp3) is 0.355. The van der Waals surface area contributed by atoms with Crippen molar-refractivity contribution in [2.45, 2.75) is 32.4 Å². The number of fused-ring (bicyclic) bond motifs is 1. The lowest BCUT2D eigenvalue weighted by molar-refractivity contribution is -0.141. The third-order valence-corrected chi connectivity index (χ3v) is 7.37. The van der Waals surface area contributed by atoms with E-state index in [1.165, 1.54) is 18.8 Å². The van der Waals surface area contributed by atoms with Crippen LogP contribution in [0.3, 0.4) is 0 Å². The third-order valence-electron chi connectivity index (χ3n) is 7.37. The number of nitrogens with zero attached hydrogens (tertiary/aromatic N) is 4. The molecule has 1 unspecified atom stereocenters. The van der Waals surface area contributed by atoms with Gasteiger partial charge < -0.3 is 19.7 Å². The van der Waals surface area contributed by atoms with Crippen LogP contribution in [-0.2, 0) is 17.4 Å². The van der Waals surface area contributed by atoms with E-state index in [4.69, 9.17) is 9.47 Å². The first-order valence-corrected chi connectivity index (χ1v) is 13.8. The molecular weight excluding hydrogens is 547 g/mol. The zero-order valence-corrected chi connectivity index (χ0v) is 23.4. The number of halogens is 3. The normalized spacial score (nSPS) is 15.9. The van der Waals surface area contributed by atoms with Gasteiger partial charge in [-0.2, -0.15) is 13.2 Å². The molecule has 3 heterocycles. The Balaban J connectivity index is 1.27. The highest BCUT2D eigenvalue weighted by molar-refractivity contribution is 5.95. The minimum Gasteiger partial charge on any atom is -0.493 e. The predicted octanol–water partition coefficient (Wildman–Crippen LogP) is 6.01. The van der Waals surface area contributed by atoms with Gasteiger partial charge >= 0.3 is 6.18 Å². The van der Waals surface area contributed by atoms with Gasteiger partial charge in [0.05, 0.1) is 31.3 Å². The van der Waals surface area contributed by atoms with E-state index in [1.54, 1.807) is 19.2 Å². The van der Waals surface area contributed by atoms with Gasteiger partial charge in [-0.05, 0) is 55.8 Å². The smallest absolute Gasteiger partial charge is 0.433 e. The van der Waals surface area contributed by atoms with E-state index >= 15 is 0 Å². The maximum Gasteiger partial charge on any atom is 0.433 e. The Labute approximate surface area is 241 Å². The molecule has 1 atom stereocenters. The molecule has 1 aliphatic rings. The number of anilines is 1. The topological polar surface area (TPSA) is 89.5 Å². The number of carbonyl (C=O) groups excluding carboxylic acids is 1. The number of rotatable bonds is 9. The monoisotopic (exact) mass is 579 g/mol. The number of hydrogen-bond donors (Lipinski definition) is 1. The van der Waals surface area contributed by atoms with Crippen molar-refractivity contribution in [1.82, 2.24) is 19.9 Å². The average molecular weight is 580 g/mol. The number of nitrogens with one attached hydrogen (secondary N) is 1. The molecule has 4 aromatic rings. The van der Waals surface area contributed by atoms with Crippen LogP contribution in [0.25, 0.3) is 22.2 Å². The first-order chi connectivity index (χ1) is 20.2. The summed E-state index contributed by atoms with van der Waals surface area (Å²) in [6.07, 6.45) is 0.248. The van der Waals surface area contributed by atoms with Crippen LogP contribution in [0.15, 0.2) is 61.1 Å². The summed E-state index contributed by atoms with van der Waals surface area (Å²) in [6.45, 7) is 6.00. The molecule has 1 saturated heterocycles. The number of benzene rings is 2. The zero-order valence-electron chi connectivity index (χ0n) is 23.4. The van der Waals surface area contributed by atoms with Gasteiger partial charge in [0.15, 0.2) is 11.5 Å². The van der Waals surface area contributed by atoms with E-state index in [-0.39, 0.29) is 12.3 Å². The van der Waals surface area contributed by atoms with E-state index < -0.39 is 11.9 Å². The lowest BCUT2D eigenvalue weighted by Crippen LogP contribution is -2.37. The summed E-state index contributed by atoms with van der Waals surface area (Å²) in [5, 5.41) is 3.56. The summed E-state index contributed by atoms with van der Waals surface area (Å²) in [4.78, 5) is 27.3. The molecule has 1 fully saturated rings. The minimum absolute atomic E-state index is 0.106. The Bertz CT molecular complexity index is 1530. The molecule has 42 heavy (non-hydrogen) atoms. The summed E-state index contributed by atoms with van der Waals surface area (Å²) in [5.74, 6) is 1.34. The van der Waals surface area contributed by atoms with Gasteiger partial charge in [-0.25, -0.2) is 9.97 Å². The summed E-state index contributed by atoms with van der Waals surface area (Å²) in [6, 6.07) is 13.0. The van der Waals surface area contributed by atoms with Crippen molar-refractivity contribution in [2.75, 3.05) is 38.7 Å². The molecule has 1 N–H and O–H groups in total. The Morgan fingerprint density at radius 1 is 1.07 bits per heavy atom. The van der Waals surface area contributed by atoms with Crippen molar-refractivity contribution in [3.8, 4) is 22.8 Å². The molecule has 220 valence electrons. The Morgan fingerprint density at radius 3 is 2.57 bits per heavy atom. The molecule has 0 aliphatic carbocycles. The van der Waals surface area contributed by atoms with E-state index in [0.717, 1.165) is 54.8 Å². The van der Waals surface area contributed by atoms with Crippen LogP contribution in [0.4, 0.5) is 18.9 Å². The lowest BCUT2D eigenvalue weighted by Gasteiger charge is -2.31. The zero-order chi connectivity index (χ0) is 29.7. The number of piperidine rings is 1. The van der Waals surface area contributed by atoms with Crippen molar-refractivity contribution in [3.63, 3.8) is 0 Å². The van der Waals surface area contributed by atoms with Crippen molar-refractivity contribution >= 4 is 22.5 Å². The van der Waals surface area contributed by atoms with Crippen molar-refractivity contribution in [2.24, 2.45) is 5.92 Å². The molecular formula is C31H32F3N5O3. The van der Waals surface area contributed by atoms with E-state index in [0.29, 0.717) is 41.0 Å². The first kappa shape index (κ1) is 29.2. The van der Waals surface area contributed by atoms with Gasteiger partial charge in [-0.3, -0.25) is 9.78 Å². The lowest BCUT2D eigenvalue weighted by atomic mass is 9.99. The van der Waals surface area contributed by atoms with Gasteiger partial charge in [-0.1, -0.05) is 25.1 Å². The minimum atomic E-state index is -4.52. The molecule has 0 spiro atoms. The molecule has 1 amide bonds. The molecule has 2 aromatic carbocycles. The van der Waals surface area contributed by atoms with Crippen LogP contribution in [0.1, 0.15) is 31.0 Å². The number of ether oxygens (including phenoxy) is 2. The average Bonchev–Trinajstić information content (AvgIpc) is 2.99. The van der Waals surface area contributed by atoms with Crippen LogP contribution in [0.2, 0.25) is 0 Å². The molecule has 8 nitrogen and oxygen atoms in total. The third kappa shape index (κ3) is 6.96. The van der Waals surface area contributed by atoms with Gasteiger partial charge in [0.25, 0.3) is 0 Å². The van der Waals surface area contributed by atoms with E-state index in [1.807, 2.05) is 24.3 Å². The number of hydrogen-bond acceptors (Lipinski definition) is 7. The summed E-state index contributed by atoms with van der Waals surface area (Å²) < 4.78 is 50.0. The van der Waals surface area contributed by atoms with Crippen LogP contribution in [0.5, 0.6) is 11.5 Å². The standard InChI is InChI=1S/C31H32F3N5O3/c1-3-39-12-4-5-21(17-39)18-42-27-15-25-24(14-26(27)41-2)30(37-19-36-25)22-7-9-23(10-8-22)38-29(40)13-20-6-11-28(35-16-20)31(32,33)34/h6-11,14-16,19,21H,3-5,12-13,17-18H2,1-2H3,(H,38,40). The number of likely N-dealkylation sites (tertiary alicyclic amines) is 1. The number of alkyl halides is 3. The van der Waals surface area contributed by atoms with Crippen molar-refractivity contribution < 1.29 is 27.4 Å². The Morgan fingerprint density at radius 2 is 1.88 bits per heavy atom. The van der Waals surface area contributed by atoms with Crippen LogP contribution < -0.4 is 14.8 Å². The molecule has 1 aliphatic heterocycles. The van der Waals surface area contributed by atoms with Gasteiger partial charge in [0.1, 0.15) is 12.0 Å². The summed E-state index contributed by atoms with van der Waals surface area (Å²) in [7, 11) is 1.61. The van der Waals surface area contributed by atoms with Crippen LogP contribution in [-0.4, -0.2) is 59.1 Å². The Kier molecular flexibility index (Phi) is 8.86. The fourth-order valence-corrected chi connectivity index (χ4v) is 5.15. The number of aromatic nitrogens is 3.